The van der Waals surface area contributed by atoms with E-state index in [1.807, 2.05) is 28.9 Å². The molecular formula is C19H19BrN2O2. The molecule has 1 N–H and O–H groups in total. The number of hydrogen-bond acceptors (Lipinski definition) is 2. The summed E-state index contributed by atoms with van der Waals surface area (Å²) in [4.78, 5) is 11.9. The Morgan fingerprint density at radius 1 is 1.08 bits per heavy atom. The average molecular weight is 387 g/mol. The van der Waals surface area contributed by atoms with Gasteiger partial charge in [0.2, 0.25) is 0 Å². The van der Waals surface area contributed by atoms with Crippen LogP contribution < -0.4 is 0 Å². The number of aromatic nitrogens is 2. The van der Waals surface area contributed by atoms with Crippen LogP contribution in [0.5, 0.6) is 0 Å². The molecule has 4 bridgehead atoms. The molecule has 1 aromatic carbocycles. The molecular weight excluding hydrogens is 368 g/mol. The minimum atomic E-state index is -0.890. The summed E-state index contributed by atoms with van der Waals surface area (Å²) in [6.45, 7) is 0. The quantitative estimate of drug-likeness (QED) is 0.811. The van der Waals surface area contributed by atoms with Crippen molar-refractivity contribution < 1.29 is 9.90 Å². The zero-order chi connectivity index (χ0) is 16.4. The number of hydrogen-bond donors (Lipinski definition) is 1. The van der Waals surface area contributed by atoms with E-state index in [0.29, 0.717) is 11.8 Å². The van der Waals surface area contributed by atoms with Crippen LogP contribution in [0.15, 0.2) is 28.7 Å². The maximum absolute atomic E-state index is 11.9. The summed E-state index contributed by atoms with van der Waals surface area (Å²) in [6.07, 6.45) is 6.00. The van der Waals surface area contributed by atoms with Crippen LogP contribution in [-0.2, 0) is 0 Å². The van der Waals surface area contributed by atoms with Crippen LogP contribution in [0, 0.1) is 11.8 Å². The Bertz CT molecular complexity index is 830. The molecule has 5 heteroatoms. The van der Waals surface area contributed by atoms with Crippen molar-refractivity contribution in [3.05, 3.63) is 45.7 Å². The van der Waals surface area contributed by atoms with Crippen molar-refractivity contribution in [2.45, 2.75) is 43.9 Å². The number of para-hydroxylation sites is 1. The first-order chi connectivity index (χ1) is 11.6. The molecule has 2 atom stereocenters. The fourth-order valence-electron chi connectivity index (χ4n) is 5.51. The molecule has 2 fully saturated rings. The lowest BCUT2D eigenvalue weighted by atomic mass is 9.67. The molecule has 0 spiro atoms. The number of carboxylic acids is 1. The van der Waals surface area contributed by atoms with Gasteiger partial charge in [0.05, 0.1) is 11.4 Å². The summed E-state index contributed by atoms with van der Waals surface area (Å²) in [6, 6.07) is 7.96. The Balaban J connectivity index is 1.79. The van der Waals surface area contributed by atoms with E-state index in [1.165, 1.54) is 25.0 Å². The normalized spacial score (nSPS) is 30.2. The number of carboxylic acid groups (broad SMARTS) is 1. The van der Waals surface area contributed by atoms with Gasteiger partial charge in [-0.05, 0) is 77.9 Å². The minimum Gasteiger partial charge on any atom is -0.476 e. The van der Waals surface area contributed by atoms with E-state index in [0.717, 1.165) is 40.4 Å². The third kappa shape index (κ3) is 2.03. The largest absolute Gasteiger partial charge is 0.476 e. The topological polar surface area (TPSA) is 55.1 Å². The summed E-state index contributed by atoms with van der Waals surface area (Å²) >= 11 is 3.61. The molecule has 24 heavy (non-hydrogen) atoms. The summed E-state index contributed by atoms with van der Waals surface area (Å²) in [5.74, 6) is 1.45. The van der Waals surface area contributed by atoms with Gasteiger partial charge >= 0.3 is 5.97 Å². The molecule has 4 aliphatic carbocycles. The Labute approximate surface area is 149 Å². The molecule has 2 saturated carbocycles. The Morgan fingerprint density at radius 3 is 2.42 bits per heavy atom. The zero-order valence-corrected chi connectivity index (χ0v) is 14.9. The molecule has 2 unspecified atom stereocenters. The number of nitrogens with zero attached hydrogens (tertiary/aromatic N) is 2. The predicted molar refractivity (Wildman–Crippen MR) is 93.8 cm³/mol. The van der Waals surface area contributed by atoms with Gasteiger partial charge in [0, 0.05) is 16.0 Å². The van der Waals surface area contributed by atoms with Gasteiger partial charge in [-0.1, -0.05) is 12.1 Å². The third-order valence-corrected chi connectivity index (χ3v) is 6.85. The van der Waals surface area contributed by atoms with Crippen molar-refractivity contribution in [2.24, 2.45) is 11.8 Å². The molecule has 2 aromatic rings. The first kappa shape index (κ1) is 14.7. The molecule has 0 radical (unpaired) electrons. The molecule has 4 aliphatic rings. The lowest BCUT2D eigenvalue weighted by Crippen LogP contribution is -2.26. The second kappa shape index (κ2) is 5.19. The van der Waals surface area contributed by atoms with Crippen molar-refractivity contribution in [3.8, 4) is 5.69 Å². The van der Waals surface area contributed by atoms with Crippen molar-refractivity contribution >= 4 is 21.9 Å². The third-order valence-electron chi connectivity index (χ3n) is 6.18. The maximum Gasteiger partial charge on any atom is 0.356 e. The molecule has 124 valence electrons. The van der Waals surface area contributed by atoms with Crippen LogP contribution in [0.2, 0.25) is 0 Å². The highest BCUT2D eigenvalue weighted by Crippen LogP contribution is 2.57. The lowest BCUT2D eigenvalue weighted by Gasteiger charge is -2.38. The van der Waals surface area contributed by atoms with Crippen LogP contribution in [0.1, 0.15) is 65.7 Å². The Morgan fingerprint density at radius 2 is 1.75 bits per heavy atom. The van der Waals surface area contributed by atoms with Gasteiger partial charge in [-0.15, -0.1) is 0 Å². The Kier molecular flexibility index (Phi) is 3.18. The van der Waals surface area contributed by atoms with Crippen molar-refractivity contribution in [1.82, 2.24) is 9.78 Å². The molecule has 4 nitrogen and oxygen atoms in total. The van der Waals surface area contributed by atoms with E-state index in [9.17, 15) is 9.90 Å². The van der Waals surface area contributed by atoms with Gasteiger partial charge < -0.3 is 5.11 Å². The summed E-state index contributed by atoms with van der Waals surface area (Å²) < 4.78 is 2.88. The number of carbonyl (C=O) groups is 1. The van der Waals surface area contributed by atoms with Gasteiger partial charge in [0.15, 0.2) is 5.69 Å². The molecule has 0 aliphatic heterocycles. The number of rotatable bonds is 2. The second-order valence-electron chi connectivity index (χ2n) is 7.62. The number of benzene rings is 1. The minimum absolute atomic E-state index is 0.277. The van der Waals surface area contributed by atoms with Gasteiger partial charge in [-0.25, -0.2) is 9.48 Å². The van der Waals surface area contributed by atoms with Gasteiger partial charge in [0.1, 0.15) is 0 Å². The number of halogens is 1. The fraction of sp³-hybridized carbons (Fsp3) is 0.474. The maximum atomic E-state index is 11.9. The second-order valence-corrected chi connectivity index (χ2v) is 8.47. The van der Waals surface area contributed by atoms with Gasteiger partial charge in [0.25, 0.3) is 0 Å². The van der Waals surface area contributed by atoms with Crippen molar-refractivity contribution in [2.75, 3.05) is 0 Å². The monoisotopic (exact) mass is 386 g/mol. The molecule has 0 amide bonds. The van der Waals surface area contributed by atoms with E-state index in [1.54, 1.807) is 0 Å². The van der Waals surface area contributed by atoms with Crippen LogP contribution in [0.4, 0.5) is 0 Å². The van der Waals surface area contributed by atoms with E-state index >= 15 is 0 Å². The van der Waals surface area contributed by atoms with Crippen LogP contribution >= 0.6 is 15.9 Å². The molecule has 1 heterocycles. The van der Waals surface area contributed by atoms with Crippen molar-refractivity contribution in [1.29, 1.82) is 0 Å². The van der Waals surface area contributed by atoms with Crippen LogP contribution in [-0.4, -0.2) is 20.9 Å². The number of aromatic carboxylic acids is 1. The summed E-state index contributed by atoms with van der Waals surface area (Å²) in [5, 5.41) is 14.3. The summed E-state index contributed by atoms with van der Waals surface area (Å²) in [7, 11) is 0. The first-order valence-electron chi connectivity index (χ1n) is 8.72. The smallest absolute Gasteiger partial charge is 0.356 e. The highest BCUT2D eigenvalue weighted by atomic mass is 79.9. The average Bonchev–Trinajstić information content (AvgIpc) is 2.86. The van der Waals surface area contributed by atoms with Crippen LogP contribution in [0.3, 0.4) is 0 Å². The zero-order valence-electron chi connectivity index (χ0n) is 13.3. The van der Waals surface area contributed by atoms with E-state index in [-0.39, 0.29) is 5.69 Å². The van der Waals surface area contributed by atoms with E-state index < -0.39 is 5.97 Å². The Hall–Kier alpha value is -1.62. The molecule has 0 saturated heterocycles. The SMILES string of the molecule is O=C(O)c1nn(-c2ccccc2Br)c2c1C1CC3CC(C1)CC2C3. The first-order valence-corrected chi connectivity index (χ1v) is 9.52. The van der Waals surface area contributed by atoms with Crippen LogP contribution in [0.25, 0.3) is 5.69 Å². The molecule has 6 rings (SSSR count). The highest BCUT2D eigenvalue weighted by Gasteiger charge is 2.46. The van der Waals surface area contributed by atoms with Gasteiger partial charge in [-0.3, -0.25) is 0 Å². The van der Waals surface area contributed by atoms with Crippen molar-refractivity contribution in [3.63, 3.8) is 0 Å². The fourth-order valence-corrected chi connectivity index (χ4v) is 5.97. The standard InChI is InChI=1S/C19H19BrN2O2/c20-14-3-1-2-4-15(14)22-18-13-8-10-5-11(9-13)7-12(6-10)16(18)17(21-22)19(23)24/h1-4,10-13H,5-9H2,(H,23,24). The summed E-state index contributed by atoms with van der Waals surface area (Å²) in [5.41, 5.74) is 3.43. The van der Waals surface area contributed by atoms with E-state index in [4.69, 9.17) is 0 Å². The lowest BCUT2D eigenvalue weighted by molar-refractivity contribution is 0.0686. The molecule has 1 aromatic heterocycles. The highest BCUT2D eigenvalue weighted by molar-refractivity contribution is 9.10. The van der Waals surface area contributed by atoms with Gasteiger partial charge in [-0.2, -0.15) is 5.10 Å². The van der Waals surface area contributed by atoms with E-state index in [2.05, 4.69) is 21.0 Å². The predicted octanol–water partition coefficient (Wildman–Crippen LogP) is 4.72.